The molecule has 0 atom stereocenters. The highest BCUT2D eigenvalue weighted by Crippen LogP contribution is 2.25. The molecule has 0 bridgehead atoms. The Morgan fingerprint density at radius 1 is 0.857 bits per heavy atom. The monoisotopic (exact) mass is 499 g/mol. The van der Waals surface area contributed by atoms with E-state index in [0.29, 0.717) is 69.8 Å². The number of para-hydroxylation sites is 1. The van der Waals surface area contributed by atoms with Crippen molar-refractivity contribution in [2.75, 3.05) is 46.4 Å². The molecule has 2 saturated heterocycles. The van der Waals surface area contributed by atoms with Gasteiger partial charge in [-0.05, 0) is 37.0 Å². The first-order valence-corrected chi connectivity index (χ1v) is 13.7. The minimum Gasteiger partial charge on any atom is -0.496 e. The Balaban J connectivity index is 1.31. The maximum atomic E-state index is 13.2. The fourth-order valence-corrected chi connectivity index (χ4v) is 6.41. The molecule has 188 valence electrons. The maximum Gasteiger partial charge on any atom is 0.257 e. The lowest BCUT2D eigenvalue weighted by Crippen LogP contribution is -2.45. The molecule has 8 nitrogen and oxygen atoms in total. The summed E-state index contributed by atoms with van der Waals surface area (Å²) in [7, 11) is -1.86. The van der Waals surface area contributed by atoms with Gasteiger partial charge in [0.25, 0.3) is 5.91 Å². The van der Waals surface area contributed by atoms with Crippen LogP contribution in [0.25, 0.3) is 0 Å². The van der Waals surface area contributed by atoms with E-state index < -0.39 is 10.0 Å². The van der Waals surface area contributed by atoms with Gasteiger partial charge in [-0.3, -0.25) is 9.59 Å². The summed E-state index contributed by atoms with van der Waals surface area (Å²) in [5.41, 5.74) is 1.29. The fourth-order valence-electron chi connectivity index (χ4n) is 4.85. The van der Waals surface area contributed by atoms with E-state index in [9.17, 15) is 18.0 Å². The minimum atomic E-state index is -3.41. The third-order valence-corrected chi connectivity index (χ3v) is 8.67. The number of methoxy groups -OCH3 is 1. The Labute approximate surface area is 207 Å². The summed E-state index contributed by atoms with van der Waals surface area (Å²) < 4.78 is 32.5. The van der Waals surface area contributed by atoms with Gasteiger partial charge in [0.1, 0.15) is 5.75 Å². The summed E-state index contributed by atoms with van der Waals surface area (Å²) in [6.07, 6.45) is 1.75. The number of nitrogens with zero attached hydrogens (tertiary/aromatic N) is 3. The van der Waals surface area contributed by atoms with E-state index in [1.165, 1.54) is 4.31 Å². The van der Waals surface area contributed by atoms with Crippen LogP contribution in [0.4, 0.5) is 0 Å². The minimum absolute atomic E-state index is 0.0192. The molecule has 0 spiro atoms. The smallest absolute Gasteiger partial charge is 0.257 e. The molecule has 2 amide bonds. The standard InChI is InChI=1S/C26H33N3O5S/c1-34-24-11-6-5-10-23(24)26(31)28-15-7-14-27(18-19-28)25(30)22-12-16-29(17-13-22)35(32,33)20-21-8-3-2-4-9-21/h2-6,8-11,22H,7,12-20H2,1H3. The van der Waals surface area contributed by atoms with Crippen molar-refractivity contribution >= 4 is 21.8 Å². The molecular formula is C26H33N3O5S. The number of amides is 2. The summed E-state index contributed by atoms with van der Waals surface area (Å²) in [6.45, 7) is 2.84. The maximum absolute atomic E-state index is 13.2. The lowest BCUT2D eigenvalue weighted by molar-refractivity contribution is -0.136. The first-order chi connectivity index (χ1) is 16.9. The molecule has 0 aromatic heterocycles. The molecule has 2 heterocycles. The van der Waals surface area contributed by atoms with Crippen LogP contribution in [0.15, 0.2) is 54.6 Å². The molecule has 35 heavy (non-hydrogen) atoms. The summed E-state index contributed by atoms with van der Waals surface area (Å²) in [5.74, 6) is 0.318. The molecule has 0 aliphatic carbocycles. The predicted octanol–water partition coefficient (Wildman–Crippen LogP) is 2.61. The van der Waals surface area contributed by atoms with Gasteiger partial charge in [0.05, 0.1) is 18.4 Å². The van der Waals surface area contributed by atoms with Crippen molar-refractivity contribution < 1.29 is 22.7 Å². The molecule has 0 unspecified atom stereocenters. The number of sulfonamides is 1. The molecule has 9 heteroatoms. The van der Waals surface area contributed by atoms with E-state index >= 15 is 0 Å². The Hall–Kier alpha value is -2.91. The van der Waals surface area contributed by atoms with Crippen molar-refractivity contribution in [3.8, 4) is 5.75 Å². The third-order valence-electron chi connectivity index (χ3n) is 6.82. The van der Waals surface area contributed by atoms with Gasteiger partial charge in [0.2, 0.25) is 15.9 Å². The molecule has 2 aromatic rings. The second-order valence-electron chi connectivity index (χ2n) is 9.09. The van der Waals surface area contributed by atoms with Crippen LogP contribution in [0, 0.1) is 5.92 Å². The molecular weight excluding hydrogens is 466 g/mol. The number of hydrogen-bond donors (Lipinski definition) is 0. The van der Waals surface area contributed by atoms with Gasteiger partial charge in [-0.25, -0.2) is 12.7 Å². The van der Waals surface area contributed by atoms with Crippen molar-refractivity contribution in [3.05, 3.63) is 65.7 Å². The number of carbonyl (C=O) groups is 2. The third kappa shape index (κ3) is 6.02. The first kappa shape index (κ1) is 25.2. The lowest BCUT2D eigenvalue weighted by atomic mass is 9.96. The number of piperidine rings is 1. The highest BCUT2D eigenvalue weighted by molar-refractivity contribution is 7.88. The Kier molecular flexibility index (Phi) is 8.07. The van der Waals surface area contributed by atoms with E-state index in [1.807, 2.05) is 47.4 Å². The quantitative estimate of drug-likeness (QED) is 0.610. The van der Waals surface area contributed by atoms with E-state index in [-0.39, 0.29) is 23.5 Å². The van der Waals surface area contributed by atoms with E-state index in [2.05, 4.69) is 0 Å². The van der Waals surface area contributed by atoms with Crippen LogP contribution in [-0.4, -0.2) is 80.7 Å². The first-order valence-electron chi connectivity index (χ1n) is 12.1. The number of ether oxygens (including phenoxy) is 1. The zero-order valence-corrected chi connectivity index (χ0v) is 21.0. The van der Waals surface area contributed by atoms with Crippen LogP contribution < -0.4 is 4.74 Å². The average Bonchev–Trinajstić information content (AvgIpc) is 3.14. The second kappa shape index (κ2) is 11.2. The summed E-state index contributed by atoms with van der Waals surface area (Å²) in [6, 6.07) is 16.3. The summed E-state index contributed by atoms with van der Waals surface area (Å²) in [4.78, 5) is 29.9. The topological polar surface area (TPSA) is 87.2 Å². The molecule has 2 fully saturated rings. The van der Waals surface area contributed by atoms with Crippen LogP contribution in [-0.2, 0) is 20.6 Å². The van der Waals surface area contributed by atoms with Crippen LogP contribution >= 0.6 is 0 Å². The van der Waals surface area contributed by atoms with Crippen molar-refractivity contribution in [1.29, 1.82) is 0 Å². The number of carbonyl (C=O) groups excluding carboxylic acids is 2. The van der Waals surface area contributed by atoms with E-state index in [1.54, 1.807) is 24.1 Å². The molecule has 0 radical (unpaired) electrons. The van der Waals surface area contributed by atoms with Crippen LogP contribution in [0.2, 0.25) is 0 Å². The van der Waals surface area contributed by atoms with Crippen molar-refractivity contribution in [2.24, 2.45) is 5.92 Å². The Bertz CT molecular complexity index is 1130. The van der Waals surface area contributed by atoms with Gasteiger partial charge in [0.15, 0.2) is 0 Å². The largest absolute Gasteiger partial charge is 0.496 e. The van der Waals surface area contributed by atoms with Crippen LogP contribution in [0.1, 0.15) is 35.2 Å². The zero-order valence-electron chi connectivity index (χ0n) is 20.1. The van der Waals surface area contributed by atoms with Gasteiger partial charge >= 0.3 is 0 Å². The second-order valence-corrected chi connectivity index (χ2v) is 11.1. The summed E-state index contributed by atoms with van der Waals surface area (Å²) >= 11 is 0. The molecule has 2 aliphatic heterocycles. The lowest BCUT2D eigenvalue weighted by Gasteiger charge is -2.33. The van der Waals surface area contributed by atoms with Crippen LogP contribution in [0.3, 0.4) is 0 Å². The Morgan fingerprint density at radius 2 is 1.49 bits per heavy atom. The number of benzene rings is 2. The molecule has 4 rings (SSSR count). The normalized spacial score (nSPS) is 18.2. The van der Waals surface area contributed by atoms with E-state index in [0.717, 1.165) is 5.56 Å². The Morgan fingerprint density at radius 3 is 2.20 bits per heavy atom. The van der Waals surface area contributed by atoms with E-state index in [4.69, 9.17) is 4.74 Å². The van der Waals surface area contributed by atoms with Gasteiger partial charge in [0, 0.05) is 45.2 Å². The van der Waals surface area contributed by atoms with Gasteiger partial charge in [-0.2, -0.15) is 0 Å². The molecule has 0 N–H and O–H groups in total. The molecule has 2 aromatic carbocycles. The highest BCUT2D eigenvalue weighted by atomic mass is 32.2. The fraction of sp³-hybridized carbons (Fsp3) is 0.462. The SMILES string of the molecule is COc1ccccc1C(=O)N1CCCN(C(=O)C2CCN(S(=O)(=O)Cc3ccccc3)CC2)CC1. The zero-order chi connectivity index (χ0) is 24.8. The van der Waals surface area contributed by atoms with Crippen molar-refractivity contribution in [1.82, 2.24) is 14.1 Å². The number of hydrogen-bond acceptors (Lipinski definition) is 5. The highest BCUT2D eigenvalue weighted by Gasteiger charge is 2.34. The van der Waals surface area contributed by atoms with Crippen molar-refractivity contribution in [3.63, 3.8) is 0 Å². The van der Waals surface area contributed by atoms with Gasteiger partial charge in [-0.1, -0.05) is 42.5 Å². The molecule has 2 aliphatic rings. The average molecular weight is 500 g/mol. The van der Waals surface area contributed by atoms with Gasteiger partial charge < -0.3 is 14.5 Å². The predicted molar refractivity (Wildman–Crippen MR) is 133 cm³/mol. The van der Waals surface area contributed by atoms with Gasteiger partial charge in [-0.15, -0.1) is 0 Å². The van der Waals surface area contributed by atoms with Crippen molar-refractivity contribution in [2.45, 2.75) is 25.0 Å². The molecule has 0 saturated carbocycles. The number of rotatable bonds is 6. The van der Waals surface area contributed by atoms with Crippen LogP contribution in [0.5, 0.6) is 5.75 Å². The summed E-state index contributed by atoms with van der Waals surface area (Å²) in [5, 5.41) is 0.